The standard InChI is InChI=1S/C15H20F3N5O2/c1-9(2)10-8-11(21-14(19)20-10)12(24)22-4-3-5-23(7-6-22)13(25)15(16,17)18/h8-9H,3-7H2,1-2H3,(H2,19,20,21). The fraction of sp³-hybridized carbons (Fsp3) is 0.600. The molecule has 10 heteroatoms. The molecule has 0 spiro atoms. The highest BCUT2D eigenvalue weighted by Crippen LogP contribution is 2.20. The van der Waals surface area contributed by atoms with Crippen molar-refractivity contribution in [2.45, 2.75) is 32.4 Å². The number of aromatic nitrogens is 2. The summed E-state index contributed by atoms with van der Waals surface area (Å²) < 4.78 is 37.6. The molecule has 0 radical (unpaired) electrons. The van der Waals surface area contributed by atoms with Crippen LogP contribution in [0.5, 0.6) is 0 Å². The zero-order valence-electron chi connectivity index (χ0n) is 14.0. The largest absolute Gasteiger partial charge is 0.471 e. The number of anilines is 1. The topological polar surface area (TPSA) is 92.4 Å². The highest BCUT2D eigenvalue weighted by molar-refractivity contribution is 5.92. The van der Waals surface area contributed by atoms with Gasteiger partial charge in [0.05, 0.1) is 0 Å². The summed E-state index contributed by atoms with van der Waals surface area (Å²) in [6, 6.07) is 1.53. The Kier molecular flexibility index (Phi) is 5.48. The normalized spacial score (nSPS) is 16.1. The van der Waals surface area contributed by atoms with Gasteiger partial charge >= 0.3 is 12.1 Å². The Balaban J connectivity index is 2.12. The Bertz CT molecular complexity index is 663. The molecule has 1 aromatic rings. The molecule has 0 unspecified atom stereocenters. The molecule has 1 saturated heterocycles. The van der Waals surface area contributed by atoms with Crippen LogP contribution in [0.1, 0.15) is 42.4 Å². The van der Waals surface area contributed by atoms with E-state index in [-0.39, 0.29) is 50.2 Å². The molecule has 25 heavy (non-hydrogen) atoms. The third-order valence-corrected chi connectivity index (χ3v) is 3.89. The first-order valence-corrected chi connectivity index (χ1v) is 7.89. The van der Waals surface area contributed by atoms with Crippen molar-refractivity contribution in [2.24, 2.45) is 0 Å². The average Bonchev–Trinajstić information content (AvgIpc) is 2.77. The molecule has 2 rings (SSSR count). The van der Waals surface area contributed by atoms with Crippen molar-refractivity contribution < 1.29 is 22.8 Å². The smallest absolute Gasteiger partial charge is 0.368 e. The molecule has 2 N–H and O–H groups in total. The van der Waals surface area contributed by atoms with Crippen LogP contribution in [-0.4, -0.2) is 63.9 Å². The second-order valence-corrected chi connectivity index (χ2v) is 6.13. The molecule has 1 aliphatic rings. The molecule has 2 amide bonds. The predicted molar refractivity (Wildman–Crippen MR) is 83.7 cm³/mol. The van der Waals surface area contributed by atoms with Crippen molar-refractivity contribution in [1.82, 2.24) is 19.8 Å². The molecule has 1 aliphatic heterocycles. The maximum absolute atomic E-state index is 12.6. The minimum Gasteiger partial charge on any atom is -0.368 e. The third-order valence-electron chi connectivity index (χ3n) is 3.89. The monoisotopic (exact) mass is 359 g/mol. The Labute approximate surface area is 143 Å². The highest BCUT2D eigenvalue weighted by atomic mass is 19.4. The summed E-state index contributed by atoms with van der Waals surface area (Å²) in [5.74, 6) is -2.30. The zero-order valence-corrected chi connectivity index (χ0v) is 14.0. The van der Waals surface area contributed by atoms with Crippen molar-refractivity contribution in [3.05, 3.63) is 17.5 Å². The second-order valence-electron chi connectivity index (χ2n) is 6.13. The summed E-state index contributed by atoms with van der Waals surface area (Å²) in [6.45, 7) is 3.79. The molecule has 1 aromatic heterocycles. The Hall–Kier alpha value is -2.39. The van der Waals surface area contributed by atoms with Crippen LogP contribution in [-0.2, 0) is 4.79 Å². The van der Waals surface area contributed by atoms with Crippen LogP contribution in [0.4, 0.5) is 19.1 Å². The van der Waals surface area contributed by atoms with Gasteiger partial charge in [-0.1, -0.05) is 13.8 Å². The first kappa shape index (κ1) is 18.9. The average molecular weight is 359 g/mol. The number of carbonyl (C=O) groups excluding carboxylic acids is 2. The number of carbonyl (C=O) groups is 2. The lowest BCUT2D eigenvalue weighted by molar-refractivity contribution is -0.185. The lowest BCUT2D eigenvalue weighted by atomic mass is 10.1. The van der Waals surface area contributed by atoms with Gasteiger partial charge in [-0.2, -0.15) is 13.2 Å². The van der Waals surface area contributed by atoms with E-state index in [9.17, 15) is 22.8 Å². The Morgan fingerprint density at radius 3 is 2.32 bits per heavy atom. The summed E-state index contributed by atoms with van der Waals surface area (Å²) in [5, 5.41) is 0. The van der Waals surface area contributed by atoms with Gasteiger partial charge in [0.15, 0.2) is 0 Å². The minimum absolute atomic E-state index is 0.00156. The van der Waals surface area contributed by atoms with Gasteiger partial charge in [0, 0.05) is 31.9 Å². The molecular formula is C15H20F3N5O2. The maximum atomic E-state index is 12.6. The number of nitrogens with two attached hydrogens (primary N) is 1. The van der Waals surface area contributed by atoms with Crippen LogP contribution in [0, 0.1) is 0 Å². The fourth-order valence-corrected chi connectivity index (χ4v) is 2.56. The van der Waals surface area contributed by atoms with Crippen LogP contribution in [0.15, 0.2) is 6.07 Å². The van der Waals surface area contributed by atoms with Crippen molar-refractivity contribution >= 4 is 17.8 Å². The summed E-state index contributed by atoms with van der Waals surface area (Å²) in [4.78, 5) is 34.0. The molecule has 0 atom stereocenters. The van der Waals surface area contributed by atoms with Gasteiger partial charge in [-0.3, -0.25) is 9.59 Å². The van der Waals surface area contributed by atoms with Gasteiger partial charge in [-0.15, -0.1) is 0 Å². The van der Waals surface area contributed by atoms with Crippen LogP contribution in [0.3, 0.4) is 0 Å². The number of rotatable bonds is 2. The van der Waals surface area contributed by atoms with E-state index in [0.29, 0.717) is 5.69 Å². The van der Waals surface area contributed by atoms with Crippen LogP contribution < -0.4 is 5.73 Å². The van der Waals surface area contributed by atoms with Crippen LogP contribution in [0.2, 0.25) is 0 Å². The van der Waals surface area contributed by atoms with E-state index in [4.69, 9.17) is 5.73 Å². The third kappa shape index (κ3) is 4.58. The minimum atomic E-state index is -4.91. The van der Waals surface area contributed by atoms with Gasteiger partial charge in [0.25, 0.3) is 5.91 Å². The second kappa shape index (κ2) is 7.24. The SMILES string of the molecule is CC(C)c1cc(C(=O)N2CCCN(C(=O)C(F)(F)F)CC2)nc(N)n1. The molecule has 1 fully saturated rings. The van der Waals surface area contributed by atoms with E-state index >= 15 is 0 Å². The van der Waals surface area contributed by atoms with E-state index in [1.807, 2.05) is 13.8 Å². The van der Waals surface area contributed by atoms with Gasteiger partial charge < -0.3 is 15.5 Å². The molecule has 0 aliphatic carbocycles. The number of halogens is 3. The number of hydrogen-bond donors (Lipinski definition) is 1. The molecule has 7 nitrogen and oxygen atoms in total. The highest BCUT2D eigenvalue weighted by Gasteiger charge is 2.42. The van der Waals surface area contributed by atoms with E-state index in [2.05, 4.69) is 9.97 Å². The number of alkyl halides is 3. The number of nitrogen functional groups attached to an aromatic ring is 1. The molecule has 138 valence electrons. The van der Waals surface area contributed by atoms with Crippen molar-refractivity contribution in [2.75, 3.05) is 31.9 Å². The molecule has 0 aromatic carbocycles. The molecular weight excluding hydrogens is 339 g/mol. The van der Waals surface area contributed by atoms with Crippen LogP contribution >= 0.6 is 0 Å². The summed E-state index contributed by atoms with van der Waals surface area (Å²) in [5.41, 5.74) is 6.35. The van der Waals surface area contributed by atoms with Crippen LogP contribution in [0.25, 0.3) is 0 Å². The van der Waals surface area contributed by atoms with Gasteiger partial charge in [-0.05, 0) is 18.4 Å². The maximum Gasteiger partial charge on any atom is 0.471 e. The number of nitrogens with zero attached hydrogens (tertiary/aromatic N) is 4. The summed E-state index contributed by atoms with van der Waals surface area (Å²) >= 11 is 0. The fourth-order valence-electron chi connectivity index (χ4n) is 2.56. The first-order chi connectivity index (χ1) is 11.6. The van der Waals surface area contributed by atoms with E-state index in [1.54, 1.807) is 0 Å². The van der Waals surface area contributed by atoms with Gasteiger partial charge in [-0.25, -0.2) is 9.97 Å². The molecule has 0 saturated carbocycles. The Morgan fingerprint density at radius 2 is 1.72 bits per heavy atom. The summed E-state index contributed by atoms with van der Waals surface area (Å²) in [7, 11) is 0. The van der Waals surface area contributed by atoms with E-state index < -0.39 is 18.0 Å². The van der Waals surface area contributed by atoms with Crippen molar-refractivity contribution in [1.29, 1.82) is 0 Å². The Morgan fingerprint density at radius 1 is 1.12 bits per heavy atom. The zero-order chi connectivity index (χ0) is 18.8. The number of hydrogen-bond acceptors (Lipinski definition) is 5. The first-order valence-electron chi connectivity index (χ1n) is 7.89. The molecule has 2 heterocycles. The lowest BCUT2D eigenvalue weighted by Crippen LogP contribution is -2.43. The predicted octanol–water partition coefficient (Wildman–Crippen LogP) is 1.42. The van der Waals surface area contributed by atoms with Gasteiger partial charge in [0.1, 0.15) is 5.69 Å². The summed E-state index contributed by atoms with van der Waals surface area (Å²) in [6.07, 6.45) is -4.66. The van der Waals surface area contributed by atoms with Crippen molar-refractivity contribution in [3.8, 4) is 0 Å². The number of amides is 2. The lowest BCUT2D eigenvalue weighted by Gasteiger charge is -2.23. The van der Waals surface area contributed by atoms with E-state index in [1.165, 1.54) is 11.0 Å². The van der Waals surface area contributed by atoms with E-state index in [0.717, 1.165) is 4.90 Å². The van der Waals surface area contributed by atoms with Crippen molar-refractivity contribution in [3.63, 3.8) is 0 Å². The van der Waals surface area contributed by atoms with Gasteiger partial charge in [0.2, 0.25) is 5.95 Å². The quantitative estimate of drug-likeness (QED) is 0.862. The molecule has 0 bridgehead atoms.